The van der Waals surface area contributed by atoms with E-state index in [4.69, 9.17) is 0 Å². The lowest BCUT2D eigenvalue weighted by Gasteiger charge is -2.18. The number of halogens is 1. The Morgan fingerprint density at radius 1 is 1.17 bits per heavy atom. The molecule has 0 unspecified atom stereocenters. The Kier molecular flexibility index (Phi) is 4.53. The number of benzene rings is 2. The summed E-state index contributed by atoms with van der Waals surface area (Å²) in [6.07, 6.45) is 0. The number of rotatable bonds is 3. The van der Waals surface area contributed by atoms with E-state index in [-0.39, 0.29) is 18.0 Å². The molecular weight excluding hydrogens is 368 g/mol. The topological polar surface area (TPSA) is 53.2 Å². The minimum absolute atomic E-state index is 0.133. The number of carbonyl (C=O) groups excluding carboxylic acids is 1. The van der Waals surface area contributed by atoms with Gasteiger partial charge in [-0.1, -0.05) is 24.3 Å². The fourth-order valence-corrected chi connectivity index (χ4v) is 3.10. The molecule has 0 saturated carbocycles. The average Bonchev–Trinajstić information content (AvgIpc) is 2.55. The van der Waals surface area contributed by atoms with E-state index in [1.165, 1.54) is 0 Å². The first-order chi connectivity index (χ1) is 11.5. The van der Waals surface area contributed by atoms with E-state index in [1.807, 2.05) is 49.4 Å². The Morgan fingerprint density at radius 3 is 2.67 bits per heavy atom. The monoisotopic (exact) mass is 384 g/mol. The predicted molar refractivity (Wildman–Crippen MR) is 99.2 cm³/mol. The molecular formula is C19H17BrN2O2. The number of aryl methyl sites for hydroxylation is 1. The smallest absolute Gasteiger partial charge is 0.255 e. The van der Waals surface area contributed by atoms with Crippen LogP contribution in [0.1, 0.15) is 21.5 Å². The molecule has 0 atom stereocenters. The number of carbonyl (C=O) groups is 1. The number of nitrogens with one attached hydrogen (secondary N) is 1. The fourth-order valence-electron chi connectivity index (χ4n) is 2.65. The quantitative estimate of drug-likeness (QED) is 0.744. The lowest BCUT2D eigenvalue weighted by molar-refractivity contribution is 0.0784. The minimum atomic E-state index is -0.167. The number of aromatic nitrogens is 1. The second-order valence-electron chi connectivity index (χ2n) is 5.86. The third-order valence-corrected chi connectivity index (χ3v) is 4.63. The van der Waals surface area contributed by atoms with Gasteiger partial charge in [-0.15, -0.1) is 0 Å². The van der Waals surface area contributed by atoms with Crippen molar-refractivity contribution in [2.45, 2.75) is 13.5 Å². The van der Waals surface area contributed by atoms with E-state index in [0.29, 0.717) is 11.1 Å². The van der Waals surface area contributed by atoms with Crippen molar-refractivity contribution in [3.05, 3.63) is 80.0 Å². The summed E-state index contributed by atoms with van der Waals surface area (Å²) in [5, 5.41) is 0.956. The molecule has 1 heterocycles. The van der Waals surface area contributed by atoms with Crippen LogP contribution in [0.25, 0.3) is 10.9 Å². The number of fused-ring (bicyclic) bond motifs is 1. The molecule has 3 aromatic rings. The summed E-state index contributed by atoms with van der Waals surface area (Å²) >= 11 is 3.39. The standard InChI is InChI=1S/C19H17BrN2O2/c1-12-7-8-13-10-14(18(23)21-17(13)9-12)11-22(2)19(24)15-5-3-4-6-16(15)20/h3-10H,11H2,1-2H3,(H,21,23). The number of aromatic amines is 1. The zero-order valence-electron chi connectivity index (χ0n) is 13.5. The van der Waals surface area contributed by atoms with Crippen molar-refractivity contribution in [2.24, 2.45) is 0 Å². The largest absolute Gasteiger partial charge is 0.337 e. The highest BCUT2D eigenvalue weighted by molar-refractivity contribution is 9.10. The van der Waals surface area contributed by atoms with Crippen LogP contribution >= 0.6 is 15.9 Å². The van der Waals surface area contributed by atoms with Gasteiger partial charge in [0.1, 0.15) is 0 Å². The van der Waals surface area contributed by atoms with Crippen LogP contribution < -0.4 is 5.56 Å². The van der Waals surface area contributed by atoms with Crippen LogP contribution in [0.4, 0.5) is 0 Å². The minimum Gasteiger partial charge on any atom is -0.337 e. The summed E-state index contributed by atoms with van der Waals surface area (Å²) in [5.41, 5.74) is 2.87. The molecule has 0 saturated heterocycles. The summed E-state index contributed by atoms with van der Waals surface area (Å²) in [7, 11) is 1.69. The first-order valence-corrected chi connectivity index (χ1v) is 8.37. The third-order valence-electron chi connectivity index (χ3n) is 3.94. The van der Waals surface area contributed by atoms with Crippen molar-refractivity contribution in [3.63, 3.8) is 0 Å². The van der Waals surface area contributed by atoms with Gasteiger partial charge in [-0.2, -0.15) is 0 Å². The van der Waals surface area contributed by atoms with Gasteiger partial charge in [0.05, 0.1) is 12.1 Å². The molecule has 4 nitrogen and oxygen atoms in total. The Balaban J connectivity index is 1.90. The molecule has 0 radical (unpaired) electrons. The van der Waals surface area contributed by atoms with Crippen molar-refractivity contribution in [1.82, 2.24) is 9.88 Å². The van der Waals surface area contributed by atoms with Crippen LogP contribution in [0.3, 0.4) is 0 Å². The average molecular weight is 385 g/mol. The van der Waals surface area contributed by atoms with Crippen LogP contribution in [-0.4, -0.2) is 22.8 Å². The van der Waals surface area contributed by atoms with E-state index >= 15 is 0 Å². The molecule has 122 valence electrons. The van der Waals surface area contributed by atoms with Gasteiger partial charge in [-0.25, -0.2) is 0 Å². The van der Waals surface area contributed by atoms with Gasteiger partial charge < -0.3 is 9.88 Å². The molecule has 1 aromatic heterocycles. The molecule has 1 amide bonds. The van der Waals surface area contributed by atoms with Gasteiger partial charge in [0.25, 0.3) is 11.5 Å². The van der Waals surface area contributed by atoms with Crippen molar-refractivity contribution in [1.29, 1.82) is 0 Å². The van der Waals surface area contributed by atoms with Gasteiger partial charge >= 0.3 is 0 Å². The summed E-state index contributed by atoms with van der Waals surface area (Å²) in [4.78, 5) is 29.3. The summed E-state index contributed by atoms with van der Waals surface area (Å²) in [6.45, 7) is 2.23. The molecule has 1 N–H and O–H groups in total. The Labute approximate surface area is 148 Å². The SMILES string of the molecule is Cc1ccc2cc(CN(C)C(=O)c3ccccc3Br)c(=O)[nH]c2c1. The Morgan fingerprint density at radius 2 is 1.92 bits per heavy atom. The summed E-state index contributed by atoms with van der Waals surface area (Å²) in [5.74, 6) is -0.133. The van der Waals surface area contributed by atoms with Crippen molar-refractivity contribution in [3.8, 4) is 0 Å². The zero-order valence-corrected chi connectivity index (χ0v) is 15.1. The predicted octanol–water partition coefficient (Wildman–Crippen LogP) is 3.87. The first-order valence-electron chi connectivity index (χ1n) is 7.58. The van der Waals surface area contributed by atoms with E-state index in [0.717, 1.165) is 20.9 Å². The van der Waals surface area contributed by atoms with E-state index in [2.05, 4.69) is 20.9 Å². The number of amides is 1. The van der Waals surface area contributed by atoms with E-state index in [1.54, 1.807) is 18.0 Å². The molecule has 0 aliphatic heterocycles. The van der Waals surface area contributed by atoms with E-state index < -0.39 is 0 Å². The van der Waals surface area contributed by atoms with Crippen molar-refractivity contribution in [2.75, 3.05) is 7.05 Å². The number of H-pyrrole nitrogens is 1. The fraction of sp³-hybridized carbons (Fsp3) is 0.158. The summed E-state index contributed by atoms with van der Waals surface area (Å²) < 4.78 is 0.741. The van der Waals surface area contributed by atoms with Crippen molar-refractivity contribution < 1.29 is 4.79 Å². The van der Waals surface area contributed by atoms with Crippen LogP contribution in [0.2, 0.25) is 0 Å². The van der Waals surface area contributed by atoms with E-state index in [9.17, 15) is 9.59 Å². The van der Waals surface area contributed by atoms with Crippen LogP contribution in [0.5, 0.6) is 0 Å². The number of hydrogen-bond acceptors (Lipinski definition) is 2. The molecule has 0 aliphatic carbocycles. The second kappa shape index (κ2) is 6.61. The molecule has 5 heteroatoms. The first kappa shape index (κ1) is 16.5. The van der Waals surface area contributed by atoms with Crippen LogP contribution in [0, 0.1) is 6.92 Å². The highest BCUT2D eigenvalue weighted by atomic mass is 79.9. The summed E-state index contributed by atoms with van der Waals surface area (Å²) in [6, 6.07) is 15.0. The highest BCUT2D eigenvalue weighted by Gasteiger charge is 2.16. The van der Waals surface area contributed by atoms with Crippen LogP contribution in [0.15, 0.2) is 57.8 Å². The number of nitrogens with zero attached hydrogens (tertiary/aromatic N) is 1. The van der Waals surface area contributed by atoms with Crippen LogP contribution in [-0.2, 0) is 6.54 Å². The molecule has 24 heavy (non-hydrogen) atoms. The van der Waals surface area contributed by atoms with Gasteiger partial charge in [0.15, 0.2) is 0 Å². The van der Waals surface area contributed by atoms with Gasteiger partial charge in [0, 0.05) is 22.6 Å². The Bertz CT molecular complexity index is 979. The molecule has 0 aliphatic rings. The second-order valence-corrected chi connectivity index (χ2v) is 6.71. The molecule has 2 aromatic carbocycles. The molecule has 3 rings (SSSR count). The highest BCUT2D eigenvalue weighted by Crippen LogP contribution is 2.19. The zero-order chi connectivity index (χ0) is 17.3. The van der Waals surface area contributed by atoms with Crippen molar-refractivity contribution >= 4 is 32.7 Å². The lowest BCUT2D eigenvalue weighted by atomic mass is 10.1. The molecule has 0 bridgehead atoms. The van der Waals surface area contributed by atoms with Gasteiger partial charge in [-0.3, -0.25) is 9.59 Å². The third kappa shape index (κ3) is 3.26. The lowest BCUT2D eigenvalue weighted by Crippen LogP contribution is -2.29. The maximum Gasteiger partial charge on any atom is 0.255 e. The molecule has 0 spiro atoms. The Hall–Kier alpha value is -2.40. The number of hydrogen-bond donors (Lipinski definition) is 1. The molecule has 0 fully saturated rings. The normalized spacial score (nSPS) is 10.8. The maximum absolute atomic E-state index is 12.6. The van der Waals surface area contributed by atoms with Gasteiger partial charge in [-0.05, 0) is 58.1 Å². The maximum atomic E-state index is 12.6. The van der Waals surface area contributed by atoms with Gasteiger partial charge in [0.2, 0.25) is 0 Å². The number of pyridine rings is 1.